The molecular weight excluding hydrogens is 286 g/mol. The first-order valence-electron chi connectivity index (χ1n) is 7.75. The second-order valence-corrected chi connectivity index (χ2v) is 7.92. The van der Waals surface area contributed by atoms with Crippen LogP contribution in [-0.2, 0) is 16.6 Å². The molecule has 0 saturated heterocycles. The molecule has 0 aromatic carbocycles. The highest BCUT2D eigenvalue weighted by molar-refractivity contribution is 7.89. The Morgan fingerprint density at radius 3 is 2.57 bits per heavy atom. The summed E-state index contributed by atoms with van der Waals surface area (Å²) in [5.74, 6) is 0.474. The second kappa shape index (κ2) is 6.02. The van der Waals surface area contributed by atoms with Crippen LogP contribution in [0, 0.1) is 5.92 Å². The van der Waals surface area contributed by atoms with Gasteiger partial charge in [-0.2, -0.15) is 0 Å². The number of hydrogen-bond donors (Lipinski definition) is 2. The smallest absolute Gasteiger partial charge is 0.258 e. The van der Waals surface area contributed by atoms with Crippen LogP contribution in [0.15, 0.2) is 23.4 Å². The number of sulfonamides is 1. The van der Waals surface area contributed by atoms with E-state index >= 15 is 0 Å². The lowest BCUT2D eigenvalue weighted by Gasteiger charge is -2.31. The number of rotatable bonds is 7. The van der Waals surface area contributed by atoms with Crippen molar-refractivity contribution in [3.8, 4) is 0 Å². The van der Waals surface area contributed by atoms with E-state index in [1.165, 1.54) is 19.3 Å². The van der Waals surface area contributed by atoms with Gasteiger partial charge in [-0.3, -0.25) is 0 Å². The van der Waals surface area contributed by atoms with Crippen LogP contribution < -0.4 is 10.0 Å². The first kappa shape index (κ1) is 14.9. The summed E-state index contributed by atoms with van der Waals surface area (Å²) in [7, 11) is -3.50. The first-order valence-corrected chi connectivity index (χ1v) is 9.23. The van der Waals surface area contributed by atoms with Gasteiger partial charge in [0.15, 0.2) is 5.03 Å². The minimum Gasteiger partial charge on any atom is -0.310 e. The summed E-state index contributed by atoms with van der Waals surface area (Å²) in [4.78, 5) is 4.11. The Hall–Kier alpha value is -0.980. The molecule has 6 heteroatoms. The van der Waals surface area contributed by atoms with Crippen molar-refractivity contribution >= 4 is 10.0 Å². The van der Waals surface area contributed by atoms with Gasteiger partial charge >= 0.3 is 0 Å². The zero-order chi connectivity index (χ0) is 14.9. The van der Waals surface area contributed by atoms with Gasteiger partial charge in [0, 0.05) is 24.8 Å². The summed E-state index contributed by atoms with van der Waals surface area (Å²) in [6, 6.07) is 4.06. The fourth-order valence-corrected chi connectivity index (χ4v) is 3.81. The molecule has 1 atom stereocenters. The molecule has 1 aromatic rings. The summed E-state index contributed by atoms with van der Waals surface area (Å²) in [5.41, 5.74) is 1.02. The molecule has 1 heterocycles. The van der Waals surface area contributed by atoms with Gasteiger partial charge in [0.2, 0.25) is 0 Å². The van der Waals surface area contributed by atoms with Crippen molar-refractivity contribution < 1.29 is 8.42 Å². The van der Waals surface area contributed by atoms with E-state index in [9.17, 15) is 8.42 Å². The van der Waals surface area contributed by atoms with Crippen molar-refractivity contribution in [3.63, 3.8) is 0 Å². The topological polar surface area (TPSA) is 71.1 Å². The van der Waals surface area contributed by atoms with Gasteiger partial charge in [0.05, 0.1) is 0 Å². The molecule has 0 aliphatic heterocycles. The van der Waals surface area contributed by atoms with Crippen LogP contribution in [0.1, 0.15) is 44.6 Å². The normalized spacial score (nSPS) is 21.0. The Morgan fingerprint density at radius 2 is 2.05 bits per heavy atom. The molecule has 21 heavy (non-hydrogen) atoms. The van der Waals surface area contributed by atoms with E-state index in [0.29, 0.717) is 12.0 Å². The first-order chi connectivity index (χ1) is 10.0. The van der Waals surface area contributed by atoms with Crippen LogP contribution in [0.3, 0.4) is 0 Å². The van der Waals surface area contributed by atoms with Crippen LogP contribution in [-0.4, -0.2) is 25.5 Å². The zero-order valence-corrected chi connectivity index (χ0v) is 13.2. The number of aromatic nitrogens is 1. The van der Waals surface area contributed by atoms with Crippen molar-refractivity contribution in [2.45, 2.75) is 62.7 Å². The van der Waals surface area contributed by atoms with Crippen molar-refractivity contribution in [2.24, 2.45) is 5.92 Å². The number of hydrogen-bond acceptors (Lipinski definition) is 4. The van der Waals surface area contributed by atoms with Gasteiger partial charge in [-0.05, 0) is 50.2 Å². The standard InChI is InChI=1S/C15H23N3O2S/c1-11(13-3-2-4-13)18-21(19,20)15-8-5-12(10-17-15)9-16-14-6-7-14/h5,8,10-11,13-14,16,18H,2-4,6-7,9H2,1H3. The third kappa shape index (κ3) is 3.81. The Bertz CT molecular complexity index is 577. The number of nitrogens with zero attached hydrogens (tertiary/aromatic N) is 1. The van der Waals surface area contributed by atoms with Gasteiger partial charge in [-0.25, -0.2) is 18.1 Å². The van der Waals surface area contributed by atoms with Crippen molar-refractivity contribution in [2.75, 3.05) is 0 Å². The molecule has 5 nitrogen and oxygen atoms in total. The fraction of sp³-hybridized carbons (Fsp3) is 0.667. The lowest BCUT2D eigenvalue weighted by molar-refractivity contribution is 0.260. The largest absolute Gasteiger partial charge is 0.310 e. The molecule has 1 unspecified atom stereocenters. The van der Waals surface area contributed by atoms with E-state index in [0.717, 1.165) is 24.9 Å². The molecule has 3 rings (SSSR count). The Balaban J connectivity index is 1.60. The third-order valence-corrected chi connectivity index (χ3v) is 5.92. The maximum absolute atomic E-state index is 12.3. The minimum atomic E-state index is -3.50. The highest BCUT2D eigenvalue weighted by atomic mass is 32.2. The molecule has 0 bridgehead atoms. The molecule has 1 aromatic heterocycles. The van der Waals surface area contributed by atoms with Crippen molar-refractivity contribution in [3.05, 3.63) is 23.9 Å². The van der Waals surface area contributed by atoms with Crippen molar-refractivity contribution in [1.29, 1.82) is 0 Å². The monoisotopic (exact) mass is 309 g/mol. The van der Waals surface area contributed by atoms with E-state index in [-0.39, 0.29) is 11.1 Å². The summed E-state index contributed by atoms with van der Waals surface area (Å²) >= 11 is 0. The fourth-order valence-electron chi connectivity index (χ4n) is 2.57. The SMILES string of the molecule is CC(NS(=O)(=O)c1ccc(CNC2CC2)cn1)C1CCC1. The van der Waals surface area contributed by atoms with E-state index in [1.54, 1.807) is 12.3 Å². The average Bonchev–Trinajstić information content (AvgIpc) is 3.18. The number of nitrogens with one attached hydrogen (secondary N) is 2. The van der Waals surface area contributed by atoms with Gasteiger partial charge < -0.3 is 5.32 Å². The highest BCUT2D eigenvalue weighted by Crippen LogP contribution is 2.30. The Kier molecular flexibility index (Phi) is 4.28. The van der Waals surface area contributed by atoms with Gasteiger partial charge in [-0.1, -0.05) is 12.5 Å². The second-order valence-electron chi connectivity index (χ2n) is 6.26. The molecular formula is C15H23N3O2S. The molecule has 2 N–H and O–H groups in total. The van der Waals surface area contributed by atoms with Gasteiger partial charge in [0.25, 0.3) is 10.0 Å². The van der Waals surface area contributed by atoms with Gasteiger partial charge in [0.1, 0.15) is 0 Å². The van der Waals surface area contributed by atoms with Crippen LogP contribution in [0.4, 0.5) is 0 Å². The summed E-state index contributed by atoms with van der Waals surface area (Å²) < 4.78 is 27.3. The summed E-state index contributed by atoms with van der Waals surface area (Å²) in [6.07, 6.45) is 7.56. The number of pyridine rings is 1. The lowest BCUT2D eigenvalue weighted by Crippen LogP contribution is -2.40. The molecule has 2 saturated carbocycles. The minimum absolute atomic E-state index is 0.0123. The Labute approximate surface area is 126 Å². The zero-order valence-electron chi connectivity index (χ0n) is 12.4. The molecule has 2 aliphatic rings. The van der Waals surface area contributed by atoms with Crippen LogP contribution in [0.25, 0.3) is 0 Å². The maximum atomic E-state index is 12.3. The van der Waals surface area contributed by atoms with E-state index in [4.69, 9.17) is 0 Å². The van der Waals surface area contributed by atoms with E-state index in [1.807, 2.05) is 13.0 Å². The maximum Gasteiger partial charge on any atom is 0.258 e. The van der Waals surface area contributed by atoms with Crippen LogP contribution in [0.5, 0.6) is 0 Å². The Morgan fingerprint density at radius 1 is 1.29 bits per heavy atom. The van der Waals surface area contributed by atoms with Crippen molar-refractivity contribution in [1.82, 2.24) is 15.0 Å². The molecule has 2 fully saturated rings. The predicted octanol–water partition coefficient (Wildman–Crippen LogP) is 1.80. The average molecular weight is 309 g/mol. The van der Waals surface area contributed by atoms with Gasteiger partial charge in [-0.15, -0.1) is 0 Å². The quantitative estimate of drug-likeness (QED) is 0.806. The molecule has 0 spiro atoms. The highest BCUT2D eigenvalue weighted by Gasteiger charge is 2.28. The summed E-state index contributed by atoms with van der Waals surface area (Å²) in [6.45, 7) is 2.69. The molecule has 0 radical (unpaired) electrons. The summed E-state index contributed by atoms with van der Waals surface area (Å²) in [5, 5.41) is 3.50. The lowest BCUT2D eigenvalue weighted by atomic mass is 9.81. The molecule has 0 amide bonds. The molecule has 116 valence electrons. The van der Waals surface area contributed by atoms with Crippen LogP contribution in [0.2, 0.25) is 0 Å². The molecule has 2 aliphatic carbocycles. The third-order valence-electron chi connectivity index (χ3n) is 4.44. The van der Waals surface area contributed by atoms with Crippen LogP contribution >= 0.6 is 0 Å². The van der Waals surface area contributed by atoms with E-state index in [2.05, 4.69) is 15.0 Å². The predicted molar refractivity (Wildman–Crippen MR) is 81.2 cm³/mol. The van der Waals surface area contributed by atoms with E-state index < -0.39 is 10.0 Å².